The predicted molar refractivity (Wildman–Crippen MR) is 48.9 cm³/mol. The van der Waals surface area contributed by atoms with Crippen molar-refractivity contribution in [3.05, 3.63) is 0 Å². The van der Waals surface area contributed by atoms with Crippen molar-refractivity contribution >= 4 is 39.4 Å². The molecular weight excluding hydrogens is 154 g/mol. The van der Waals surface area contributed by atoms with Crippen molar-refractivity contribution in [3.8, 4) is 0 Å². The molecule has 0 aliphatic heterocycles. The van der Waals surface area contributed by atoms with Crippen molar-refractivity contribution in [2.75, 3.05) is 6.54 Å². The van der Waals surface area contributed by atoms with E-state index in [1.807, 2.05) is 0 Å². The average molecular weight is 165 g/mol. The van der Waals surface area contributed by atoms with Crippen molar-refractivity contribution < 1.29 is 0 Å². The summed E-state index contributed by atoms with van der Waals surface area (Å²) in [5.74, 6) is 0. The SMILES string of the molecule is [SiH3]CCCNC(=S)S. The van der Waals surface area contributed by atoms with Gasteiger partial charge in [0, 0.05) is 16.8 Å². The van der Waals surface area contributed by atoms with Crippen LogP contribution in [0.3, 0.4) is 0 Å². The number of hydrogen-bond acceptors (Lipinski definition) is 1. The summed E-state index contributed by atoms with van der Waals surface area (Å²) in [5, 5.41) is 2.96. The minimum atomic E-state index is 0.611. The van der Waals surface area contributed by atoms with Crippen LogP contribution in [0.25, 0.3) is 0 Å². The minimum absolute atomic E-state index is 0.611. The van der Waals surface area contributed by atoms with Gasteiger partial charge in [-0.2, -0.15) is 0 Å². The summed E-state index contributed by atoms with van der Waals surface area (Å²) in [6, 6.07) is 1.34. The fourth-order valence-electron chi connectivity index (χ4n) is 0.372. The topological polar surface area (TPSA) is 12.0 Å². The Balaban J connectivity index is 2.82. The Bertz CT molecular complexity index is 76.4. The van der Waals surface area contributed by atoms with Crippen LogP contribution in [0.2, 0.25) is 6.04 Å². The van der Waals surface area contributed by atoms with Gasteiger partial charge in [-0.15, -0.1) is 12.6 Å². The molecule has 0 unspecified atom stereocenters. The summed E-state index contributed by atoms with van der Waals surface area (Å²) in [5.41, 5.74) is 0. The van der Waals surface area contributed by atoms with Crippen molar-refractivity contribution in [1.29, 1.82) is 0 Å². The Kier molecular flexibility index (Phi) is 5.91. The van der Waals surface area contributed by atoms with E-state index in [0.717, 1.165) is 6.54 Å². The van der Waals surface area contributed by atoms with Gasteiger partial charge < -0.3 is 5.32 Å². The van der Waals surface area contributed by atoms with E-state index in [1.165, 1.54) is 22.7 Å². The number of rotatable bonds is 3. The van der Waals surface area contributed by atoms with Gasteiger partial charge in [0.2, 0.25) is 0 Å². The Hall–Kier alpha value is 0.457. The highest BCUT2D eigenvalue weighted by molar-refractivity contribution is 8.11. The van der Waals surface area contributed by atoms with E-state index in [2.05, 4.69) is 30.2 Å². The average Bonchev–Trinajstić information content (AvgIpc) is 1.66. The third kappa shape index (κ3) is 6.46. The third-order valence-corrected chi connectivity index (χ3v) is 1.82. The lowest BCUT2D eigenvalue weighted by atomic mass is 10.5. The van der Waals surface area contributed by atoms with E-state index >= 15 is 0 Å². The highest BCUT2D eigenvalue weighted by Crippen LogP contribution is 1.82. The molecule has 1 nitrogen and oxygen atoms in total. The third-order valence-electron chi connectivity index (χ3n) is 0.807. The first kappa shape index (κ1) is 8.46. The molecule has 0 aromatic rings. The number of nitrogens with one attached hydrogen (secondary N) is 1. The molecule has 0 spiro atoms. The normalized spacial score (nSPS) is 9.12. The summed E-state index contributed by atoms with van der Waals surface area (Å²) in [7, 11) is 1.29. The van der Waals surface area contributed by atoms with Gasteiger partial charge in [0.15, 0.2) is 0 Å². The Morgan fingerprint density at radius 3 is 2.75 bits per heavy atom. The summed E-state index contributed by atoms with van der Waals surface area (Å²) >= 11 is 8.58. The summed E-state index contributed by atoms with van der Waals surface area (Å²) in [6.45, 7) is 0.992. The molecule has 0 rings (SSSR count). The van der Waals surface area contributed by atoms with Gasteiger partial charge in [0.25, 0.3) is 0 Å². The van der Waals surface area contributed by atoms with Crippen LogP contribution < -0.4 is 5.32 Å². The zero-order valence-electron chi connectivity index (χ0n) is 4.98. The fourth-order valence-corrected chi connectivity index (χ4v) is 0.940. The second kappa shape index (κ2) is 5.59. The molecule has 0 fully saturated rings. The van der Waals surface area contributed by atoms with Gasteiger partial charge in [-0.1, -0.05) is 18.3 Å². The molecule has 0 saturated heterocycles. The molecule has 0 atom stereocenters. The van der Waals surface area contributed by atoms with Crippen LogP contribution in [0.5, 0.6) is 0 Å². The minimum Gasteiger partial charge on any atom is -0.371 e. The van der Waals surface area contributed by atoms with E-state index in [0.29, 0.717) is 4.32 Å². The monoisotopic (exact) mass is 165 g/mol. The molecule has 48 valence electrons. The second-order valence-electron chi connectivity index (χ2n) is 1.59. The lowest BCUT2D eigenvalue weighted by Gasteiger charge is -1.98. The zero-order valence-corrected chi connectivity index (χ0v) is 8.69. The maximum atomic E-state index is 4.67. The van der Waals surface area contributed by atoms with Crippen LogP contribution in [0.1, 0.15) is 6.42 Å². The van der Waals surface area contributed by atoms with Crippen LogP contribution in [0.15, 0.2) is 0 Å². The van der Waals surface area contributed by atoms with Crippen LogP contribution in [-0.2, 0) is 0 Å². The van der Waals surface area contributed by atoms with Gasteiger partial charge in [0.1, 0.15) is 4.32 Å². The lowest BCUT2D eigenvalue weighted by molar-refractivity contribution is 0.853. The first-order valence-electron chi connectivity index (χ1n) is 2.74. The molecule has 0 aromatic heterocycles. The van der Waals surface area contributed by atoms with E-state index < -0.39 is 0 Å². The number of thiocarbonyl (C=S) groups is 1. The van der Waals surface area contributed by atoms with E-state index in [9.17, 15) is 0 Å². The van der Waals surface area contributed by atoms with Gasteiger partial charge >= 0.3 is 0 Å². The summed E-state index contributed by atoms with van der Waals surface area (Å²) < 4.78 is 0.611. The molecule has 0 radical (unpaired) electrons. The molecule has 0 saturated carbocycles. The molecule has 0 bridgehead atoms. The van der Waals surface area contributed by atoms with Crippen LogP contribution in [0, 0.1) is 0 Å². The fraction of sp³-hybridized carbons (Fsp3) is 0.750. The van der Waals surface area contributed by atoms with Crippen molar-refractivity contribution in [3.63, 3.8) is 0 Å². The predicted octanol–water partition coefficient (Wildman–Crippen LogP) is -0.0355. The molecule has 0 heterocycles. The Morgan fingerprint density at radius 2 is 2.38 bits per heavy atom. The van der Waals surface area contributed by atoms with Crippen molar-refractivity contribution in [2.45, 2.75) is 12.5 Å². The molecule has 0 aliphatic rings. The van der Waals surface area contributed by atoms with Crippen LogP contribution in [0.4, 0.5) is 0 Å². The first-order chi connectivity index (χ1) is 3.77. The molecule has 0 aliphatic carbocycles. The maximum Gasteiger partial charge on any atom is 0.130 e. The quantitative estimate of drug-likeness (QED) is 0.263. The van der Waals surface area contributed by atoms with E-state index in [4.69, 9.17) is 0 Å². The van der Waals surface area contributed by atoms with Gasteiger partial charge in [-0.3, -0.25) is 0 Å². The standard InChI is InChI=1S/C4H11NS2Si/c6-4(7)5-2-1-3-8/h1-3H2,8H3,(H2,5,6,7). The van der Waals surface area contributed by atoms with Gasteiger partial charge in [0.05, 0.1) is 0 Å². The van der Waals surface area contributed by atoms with E-state index in [-0.39, 0.29) is 0 Å². The highest BCUT2D eigenvalue weighted by Gasteiger charge is 1.83. The van der Waals surface area contributed by atoms with E-state index in [1.54, 1.807) is 0 Å². The molecule has 1 N–H and O–H groups in total. The Labute approximate surface area is 64.1 Å². The largest absolute Gasteiger partial charge is 0.371 e. The smallest absolute Gasteiger partial charge is 0.130 e. The van der Waals surface area contributed by atoms with Crippen LogP contribution >= 0.6 is 24.8 Å². The Morgan fingerprint density at radius 1 is 1.75 bits per heavy atom. The molecule has 0 aromatic carbocycles. The summed E-state index contributed by atoms with van der Waals surface area (Å²) in [6.07, 6.45) is 1.23. The molecular formula is C4H11NS2Si. The van der Waals surface area contributed by atoms with Crippen molar-refractivity contribution in [2.24, 2.45) is 0 Å². The second-order valence-corrected chi connectivity index (χ2v) is 3.74. The molecule has 8 heavy (non-hydrogen) atoms. The zero-order chi connectivity index (χ0) is 6.41. The number of thiol groups is 1. The number of hydrogen-bond donors (Lipinski definition) is 2. The van der Waals surface area contributed by atoms with Gasteiger partial charge in [-0.05, 0) is 6.42 Å². The first-order valence-corrected chi connectivity index (χ1v) is 5.01. The van der Waals surface area contributed by atoms with Crippen molar-refractivity contribution in [1.82, 2.24) is 5.32 Å². The summed E-state index contributed by atoms with van der Waals surface area (Å²) in [4.78, 5) is 0. The highest BCUT2D eigenvalue weighted by atomic mass is 32.1. The van der Waals surface area contributed by atoms with Gasteiger partial charge in [-0.25, -0.2) is 0 Å². The molecule has 4 heteroatoms. The van der Waals surface area contributed by atoms with Crippen LogP contribution in [-0.4, -0.2) is 21.1 Å². The molecule has 0 amide bonds. The lowest BCUT2D eigenvalue weighted by Crippen LogP contribution is -2.16. The maximum absolute atomic E-state index is 4.67.